The van der Waals surface area contributed by atoms with Crippen LogP contribution in [0.4, 0.5) is 9.18 Å². The van der Waals surface area contributed by atoms with Gasteiger partial charge in [0.15, 0.2) is 0 Å². The van der Waals surface area contributed by atoms with Gasteiger partial charge in [0.2, 0.25) is 5.91 Å². The maximum absolute atomic E-state index is 13.3. The summed E-state index contributed by atoms with van der Waals surface area (Å²) in [4.78, 5) is 21.2. The highest BCUT2D eigenvalue weighted by Crippen LogP contribution is 2.14. The number of carboxylic acid groups (broad SMARTS) is 1. The Kier molecular flexibility index (Phi) is 4.89. The van der Waals surface area contributed by atoms with Crippen LogP contribution < -0.4 is 10.6 Å². The van der Waals surface area contributed by atoms with Crippen molar-refractivity contribution in [3.05, 3.63) is 34.1 Å². The maximum atomic E-state index is 13.3. The van der Waals surface area contributed by atoms with Crippen molar-refractivity contribution < 1.29 is 19.1 Å². The van der Waals surface area contributed by atoms with Gasteiger partial charge in [-0.3, -0.25) is 4.79 Å². The molecule has 0 aliphatic heterocycles. The van der Waals surface area contributed by atoms with E-state index in [1.165, 1.54) is 12.1 Å². The summed E-state index contributed by atoms with van der Waals surface area (Å²) in [5.74, 6) is -0.958. The van der Waals surface area contributed by atoms with Gasteiger partial charge in [-0.05, 0) is 12.1 Å². The van der Waals surface area contributed by atoms with E-state index in [4.69, 9.17) is 5.11 Å². The highest BCUT2D eigenvalue weighted by Gasteiger charge is 2.06. The van der Waals surface area contributed by atoms with E-state index in [1.54, 1.807) is 6.07 Å². The van der Waals surface area contributed by atoms with Gasteiger partial charge in [-0.2, -0.15) is 0 Å². The standard InChI is InChI=1S/C10H10BrFN2O3/c11-7-2-1-6(8(12)3-7)4-13-9(15)5-14-10(16)17/h1-3,14H,4-5H2,(H,13,15)(H,16,17). The topological polar surface area (TPSA) is 78.4 Å². The average Bonchev–Trinajstić information content (AvgIpc) is 2.25. The van der Waals surface area contributed by atoms with Crippen LogP contribution in [0.25, 0.3) is 0 Å². The molecule has 0 spiro atoms. The quantitative estimate of drug-likeness (QED) is 0.788. The molecular formula is C10H10BrFN2O3. The molecule has 1 aromatic rings. The van der Waals surface area contributed by atoms with E-state index in [1.807, 2.05) is 5.32 Å². The van der Waals surface area contributed by atoms with Crippen LogP contribution in [-0.4, -0.2) is 23.7 Å². The Morgan fingerprint density at radius 1 is 1.35 bits per heavy atom. The van der Waals surface area contributed by atoms with Crippen LogP contribution in [0.2, 0.25) is 0 Å². The van der Waals surface area contributed by atoms with E-state index in [-0.39, 0.29) is 13.1 Å². The number of nitrogens with one attached hydrogen (secondary N) is 2. The highest BCUT2D eigenvalue weighted by molar-refractivity contribution is 9.10. The van der Waals surface area contributed by atoms with Crippen molar-refractivity contribution in [1.29, 1.82) is 0 Å². The molecule has 1 aromatic carbocycles. The number of rotatable bonds is 4. The van der Waals surface area contributed by atoms with Crippen molar-refractivity contribution in [3.63, 3.8) is 0 Å². The van der Waals surface area contributed by atoms with Gasteiger partial charge in [-0.15, -0.1) is 0 Å². The number of halogens is 2. The van der Waals surface area contributed by atoms with Crippen LogP contribution in [-0.2, 0) is 11.3 Å². The zero-order valence-electron chi connectivity index (χ0n) is 8.67. The largest absolute Gasteiger partial charge is 0.465 e. The van der Waals surface area contributed by atoms with Gasteiger partial charge in [-0.25, -0.2) is 9.18 Å². The van der Waals surface area contributed by atoms with E-state index in [0.717, 1.165) is 0 Å². The third kappa shape index (κ3) is 4.81. The smallest absolute Gasteiger partial charge is 0.405 e. The highest BCUT2D eigenvalue weighted by atomic mass is 79.9. The molecule has 0 radical (unpaired) electrons. The second kappa shape index (κ2) is 6.19. The van der Waals surface area contributed by atoms with E-state index >= 15 is 0 Å². The second-order valence-corrected chi connectivity index (χ2v) is 4.09. The minimum atomic E-state index is -1.28. The molecule has 2 amide bonds. The first-order chi connectivity index (χ1) is 7.99. The number of carbonyl (C=O) groups excluding carboxylic acids is 1. The molecule has 5 nitrogen and oxygen atoms in total. The van der Waals surface area contributed by atoms with Crippen LogP contribution in [0.1, 0.15) is 5.56 Å². The Labute approximate surface area is 105 Å². The molecule has 7 heteroatoms. The molecule has 1 rings (SSSR count). The summed E-state index contributed by atoms with van der Waals surface area (Å²) in [6, 6.07) is 4.47. The lowest BCUT2D eigenvalue weighted by Crippen LogP contribution is -2.35. The van der Waals surface area contributed by atoms with Crippen LogP contribution in [0.5, 0.6) is 0 Å². The van der Waals surface area contributed by atoms with Crippen molar-refractivity contribution in [2.45, 2.75) is 6.54 Å². The summed E-state index contributed by atoms with van der Waals surface area (Å²) in [7, 11) is 0. The van der Waals surface area contributed by atoms with Gasteiger partial charge >= 0.3 is 6.09 Å². The number of carbonyl (C=O) groups is 2. The van der Waals surface area contributed by atoms with Gasteiger partial charge < -0.3 is 15.7 Å². The van der Waals surface area contributed by atoms with Gasteiger partial charge in [0.1, 0.15) is 5.82 Å². The molecule has 0 saturated carbocycles. The summed E-state index contributed by atoms with van der Waals surface area (Å²) in [5.41, 5.74) is 0.330. The zero-order chi connectivity index (χ0) is 12.8. The van der Waals surface area contributed by atoms with Crippen molar-refractivity contribution in [2.24, 2.45) is 0 Å². The van der Waals surface area contributed by atoms with Crippen LogP contribution in [0.3, 0.4) is 0 Å². The lowest BCUT2D eigenvalue weighted by atomic mass is 10.2. The van der Waals surface area contributed by atoms with E-state index in [2.05, 4.69) is 21.2 Å². The summed E-state index contributed by atoms with van der Waals surface area (Å²) in [6.45, 7) is -0.341. The molecule has 17 heavy (non-hydrogen) atoms. The Hall–Kier alpha value is -1.63. The minimum absolute atomic E-state index is 0.0131. The average molecular weight is 305 g/mol. The first-order valence-electron chi connectivity index (χ1n) is 4.66. The van der Waals surface area contributed by atoms with Crippen molar-refractivity contribution in [1.82, 2.24) is 10.6 Å². The third-order valence-electron chi connectivity index (χ3n) is 1.89. The Bertz CT molecular complexity index is 440. The third-order valence-corrected chi connectivity index (χ3v) is 2.38. The predicted octanol–water partition coefficient (Wildman–Crippen LogP) is 1.47. The summed E-state index contributed by atoms with van der Waals surface area (Å²) >= 11 is 3.11. The number of hydrogen-bond donors (Lipinski definition) is 3. The fourth-order valence-electron chi connectivity index (χ4n) is 1.08. The number of benzene rings is 1. The van der Waals surface area contributed by atoms with Gasteiger partial charge in [0.25, 0.3) is 0 Å². The molecule has 0 heterocycles. The molecular weight excluding hydrogens is 295 g/mol. The van der Waals surface area contributed by atoms with Crippen molar-refractivity contribution in [3.8, 4) is 0 Å². The molecule has 0 aromatic heterocycles. The summed E-state index contributed by atoms with van der Waals surface area (Å²) in [5, 5.41) is 12.6. The van der Waals surface area contributed by atoms with Crippen molar-refractivity contribution in [2.75, 3.05) is 6.54 Å². The van der Waals surface area contributed by atoms with Gasteiger partial charge in [-0.1, -0.05) is 22.0 Å². The Morgan fingerprint density at radius 3 is 2.65 bits per heavy atom. The van der Waals surface area contributed by atoms with E-state index in [9.17, 15) is 14.0 Å². The van der Waals surface area contributed by atoms with E-state index in [0.29, 0.717) is 10.0 Å². The zero-order valence-corrected chi connectivity index (χ0v) is 10.3. The second-order valence-electron chi connectivity index (χ2n) is 3.17. The predicted molar refractivity (Wildman–Crippen MR) is 62.0 cm³/mol. The Balaban J connectivity index is 2.44. The molecule has 3 N–H and O–H groups in total. The Morgan fingerprint density at radius 2 is 2.06 bits per heavy atom. The lowest BCUT2D eigenvalue weighted by Gasteiger charge is -2.06. The van der Waals surface area contributed by atoms with Crippen LogP contribution >= 0.6 is 15.9 Å². The monoisotopic (exact) mass is 304 g/mol. The van der Waals surface area contributed by atoms with Gasteiger partial charge in [0.05, 0.1) is 6.54 Å². The van der Waals surface area contributed by atoms with Gasteiger partial charge in [0, 0.05) is 16.6 Å². The number of amides is 2. The molecule has 0 unspecified atom stereocenters. The molecule has 0 atom stereocenters. The normalized spacial score (nSPS) is 9.76. The first-order valence-corrected chi connectivity index (χ1v) is 5.46. The lowest BCUT2D eigenvalue weighted by molar-refractivity contribution is -0.120. The molecule has 0 aliphatic carbocycles. The maximum Gasteiger partial charge on any atom is 0.405 e. The van der Waals surface area contributed by atoms with Crippen LogP contribution in [0.15, 0.2) is 22.7 Å². The minimum Gasteiger partial charge on any atom is -0.465 e. The fraction of sp³-hybridized carbons (Fsp3) is 0.200. The molecule has 0 bridgehead atoms. The summed E-state index contributed by atoms with van der Waals surface area (Å²) in [6.07, 6.45) is -1.28. The molecule has 0 saturated heterocycles. The molecule has 0 aliphatic rings. The molecule has 92 valence electrons. The molecule has 0 fully saturated rings. The van der Waals surface area contributed by atoms with E-state index < -0.39 is 17.8 Å². The van der Waals surface area contributed by atoms with Crippen LogP contribution in [0, 0.1) is 5.82 Å². The summed E-state index contributed by atoms with van der Waals surface area (Å²) < 4.78 is 13.9. The SMILES string of the molecule is O=C(O)NCC(=O)NCc1ccc(Br)cc1F. The fourth-order valence-corrected chi connectivity index (χ4v) is 1.41. The van der Waals surface area contributed by atoms with Crippen molar-refractivity contribution >= 4 is 27.9 Å². The first kappa shape index (κ1) is 13.4. The number of hydrogen-bond acceptors (Lipinski definition) is 2.